The summed E-state index contributed by atoms with van der Waals surface area (Å²) in [5.74, 6) is 0. The van der Waals surface area contributed by atoms with E-state index in [1.54, 1.807) is 0 Å². The van der Waals surface area contributed by atoms with Crippen LogP contribution < -0.4 is 0 Å². The van der Waals surface area contributed by atoms with Crippen LogP contribution in [-0.4, -0.2) is 4.57 Å². The maximum absolute atomic E-state index is 6.58. The Balaban J connectivity index is 1.42. The average Bonchev–Trinajstić information content (AvgIpc) is 3.39. The largest absolute Gasteiger partial charge is 0.309 e. The van der Waals surface area contributed by atoms with Gasteiger partial charge in [0.1, 0.15) is 0 Å². The van der Waals surface area contributed by atoms with Crippen LogP contribution in [0.15, 0.2) is 158 Å². The molecule has 8 aromatic rings. The minimum Gasteiger partial charge on any atom is -0.309 e. The molecule has 0 aliphatic carbocycles. The first kappa shape index (κ1) is 24.7. The smallest absolute Gasteiger partial charge is 0.0546 e. The number of hydrogen-bond donors (Lipinski definition) is 0. The monoisotopic (exact) mass is 555 g/mol. The summed E-state index contributed by atoms with van der Waals surface area (Å²) in [5, 5.41) is 5.47. The fourth-order valence-electron chi connectivity index (χ4n) is 6.30. The first-order valence-corrected chi connectivity index (χ1v) is 14.6. The third-order valence-corrected chi connectivity index (χ3v) is 8.61. The van der Waals surface area contributed by atoms with Gasteiger partial charge < -0.3 is 4.57 Å². The zero-order valence-corrected chi connectivity index (χ0v) is 23.6. The van der Waals surface area contributed by atoms with Crippen LogP contribution in [0.25, 0.3) is 71.6 Å². The van der Waals surface area contributed by atoms with Crippen molar-refractivity contribution in [3.8, 4) is 39.1 Å². The van der Waals surface area contributed by atoms with E-state index in [0.717, 1.165) is 15.8 Å². The van der Waals surface area contributed by atoms with Crippen LogP contribution in [0.5, 0.6) is 0 Å². The average molecular weight is 556 g/mol. The lowest BCUT2D eigenvalue weighted by atomic mass is 9.96. The number of halogens is 1. The van der Waals surface area contributed by atoms with Crippen molar-refractivity contribution in [1.29, 1.82) is 0 Å². The zero-order chi connectivity index (χ0) is 28.0. The van der Waals surface area contributed by atoms with Gasteiger partial charge in [-0.05, 0) is 63.5 Å². The Morgan fingerprint density at radius 3 is 1.74 bits per heavy atom. The van der Waals surface area contributed by atoms with Gasteiger partial charge >= 0.3 is 0 Å². The lowest BCUT2D eigenvalue weighted by Crippen LogP contribution is -1.98. The molecule has 198 valence electrons. The fourth-order valence-corrected chi connectivity index (χ4v) is 6.53. The van der Waals surface area contributed by atoms with E-state index in [1.165, 1.54) is 60.9 Å². The molecule has 1 heterocycles. The summed E-state index contributed by atoms with van der Waals surface area (Å²) in [6, 6.07) is 56.3. The van der Waals surface area contributed by atoms with Gasteiger partial charge in [-0.2, -0.15) is 0 Å². The van der Waals surface area contributed by atoms with Gasteiger partial charge in [0, 0.05) is 26.7 Å². The normalized spacial score (nSPS) is 11.5. The minimum absolute atomic E-state index is 0.777. The molecule has 0 atom stereocenters. The predicted octanol–water partition coefficient (Wildman–Crippen LogP) is 11.6. The quantitative estimate of drug-likeness (QED) is 0.203. The highest BCUT2D eigenvalue weighted by atomic mass is 35.5. The van der Waals surface area contributed by atoms with E-state index in [4.69, 9.17) is 11.6 Å². The van der Waals surface area contributed by atoms with Crippen molar-refractivity contribution < 1.29 is 0 Å². The number of nitrogens with zero attached hydrogens (tertiary/aromatic N) is 1. The molecule has 1 aromatic heterocycles. The predicted molar refractivity (Wildman–Crippen MR) is 180 cm³/mol. The van der Waals surface area contributed by atoms with Gasteiger partial charge in [-0.15, -0.1) is 0 Å². The molecular weight excluding hydrogens is 530 g/mol. The zero-order valence-electron chi connectivity index (χ0n) is 22.8. The number of hydrogen-bond acceptors (Lipinski definition) is 0. The lowest BCUT2D eigenvalue weighted by Gasteiger charge is -2.16. The van der Waals surface area contributed by atoms with E-state index in [0.29, 0.717) is 0 Å². The molecule has 0 unspecified atom stereocenters. The summed E-state index contributed by atoms with van der Waals surface area (Å²) in [4.78, 5) is 0. The highest BCUT2D eigenvalue weighted by molar-refractivity contribution is 6.36. The van der Waals surface area contributed by atoms with Crippen LogP contribution in [-0.2, 0) is 0 Å². The number of para-hydroxylation sites is 1. The van der Waals surface area contributed by atoms with Crippen LogP contribution >= 0.6 is 11.6 Å². The van der Waals surface area contributed by atoms with Crippen LogP contribution in [0.3, 0.4) is 0 Å². The SMILES string of the molecule is Clc1ccc(-c2ccc3c(c2)c2ccccc2n3-c2cc(-c3ccccc3)ccc2-c2ccccc2)c2ccccc12. The number of aromatic nitrogens is 1. The minimum atomic E-state index is 0.777. The van der Waals surface area contributed by atoms with Crippen molar-refractivity contribution in [2.45, 2.75) is 0 Å². The first-order chi connectivity index (χ1) is 20.8. The van der Waals surface area contributed by atoms with E-state index in [9.17, 15) is 0 Å². The van der Waals surface area contributed by atoms with Crippen molar-refractivity contribution in [1.82, 2.24) is 4.57 Å². The molecule has 0 radical (unpaired) electrons. The maximum Gasteiger partial charge on any atom is 0.0546 e. The highest BCUT2D eigenvalue weighted by Gasteiger charge is 2.18. The maximum atomic E-state index is 6.58. The third kappa shape index (κ3) is 4.02. The van der Waals surface area contributed by atoms with E-state index in [2.05, 4.69) is 150 Å². The van der Waals surface area contributed by atoms with Gasteiger partial charge in [0.25, 0.3) is 0 Å². The molecule has 2 heteroatoms. The molecule has 0 N–H and O–H groups in total. The van der Waals surface area contributed by atoms with Gasteiger partial charge in [-0.3, -0.25) is 0 Å². The molecule has 8 rings (SSSR count). The molecular formula is C40H26ClN. The Morgan fingerprint density at radius 2 is 0.952 bits per heavy atom. The van der Waals surface area contributed by atoms with Gasteiger partial charge in [-0.1, -0.05) is 139 Å². The van der Waals surface area contributed by atoms with Crippen molar-refractivity contribution in [2.75, 3.05) is 0 Å². The molecule has 0 spiro atoms. The van der Waals surface area contributed by atoms with E-state index < -0.39 is 0 Å². The Morgan fingerprint density at radius 1 is 0.357 bits per heavy atom. The molecule has 0 aliphatic rings. The lowest BCUT2D eigenvalue weighted by molar-refractivity contribution is 1.18. The summed E-state index contributed by atoms with van der Waals surface area (Å²) in [7, 11) is 0. The standard InChI is InChI=1S/C40H26ClN/c41-37-23-22-31(33-15-7-8-16-34(33)37)30-20-24-39-36(25-30)35-17-9-10-18-38(35)42(39)40-26-29(27-11-3-1-4-12-27)19-21-32(40)28-13-5-2-6-14-28/h1-26H. The van der Waals surface area contributed by atoms with Crippen molar-refractivity contribution in [3.05, 3.63) is 163 Å². The van der Waals surface area contributed by atoms with Gasteiger partial charge in [-0.25, -0.2) is 0 Å². The second-order valence-electron chi connectivity index (χ2n) is 10.7. The molecule has 0 amide bonds. The summed E-state index contributed by atoms with van der Waals surface area (Å²) in [6.45, 7) is 0. The molecule has 1 nitrogen and oxygen atoms in total. The molecule has 42 heavy (non-hydrogen) atoms. The molecule has 0 fully saturated rings. The highest BCUT2D eigenvalue weighted by Crippen LogP contribution is 2.41. The summed E-state index contributed by atoms with van der Waals surface area (Å²) < 4.78 is 2.43. The van der Waals surface area contributed by atoms with Gasteiger partial charge in [0.15, 0.2) is 0 Å². The van der Waals surface area contributed by atoms with Crippen LogP contribution in [0.1, 0.15) is 0 Å². The first-order valence-electron chi connectivity index (χ1n) is 14.2. The topological polar surface area (TPSA) is 4.93 Å². The number of rotatable bonds is 4. The van der Waals surface area contributed by atoms with Crippen molar-refractivity contribution >= 4 is 44.2 Å². The summed E-state index contributed by atoms with van der Waals surface area (Å²) in [5.41, 5.74) is 10.7. The molecule has 0 saturated carbocycles. The third-order valence-electron chi connectivity index (χ3n) is 8.29. The molecule has 7 aromatic carbocycles. The van der Waals surface area contributed by atoms with E-state index in [1.807, 2.05) is 12.1 Å². The van der Waals surface area contributed by atoms with E-state index in [-0.39, 0.29) is 0 Å². The van der Waals surface area contributed by atoms with Crippen LogP contribution in [0.4, 0.5) is 0 Å². The summed E-state index contributed by atoms with van der Waals surface area (Å²) >= 11 is 6.58. The van der Waals surface area contributed by atoms with Crippen molar-refractivity contribution in [2.24, 2.45) is 0 Å². The van der Waals surface area contributed by atoms with E-state index >= 15 is 0 Å². The second-order valence-corrected chi connectivity index (χ2v) is 11.1. The summed E-state index contributed by atoms with van der Waals surface area (Å²) in [6.07, 6.45) is 0. The molecule has 0 saturated heterocycles. The Kier molecular flexibility index (Phi) is 5.91. The Labute approximate surface area is 249 Å². The molecule has 0 bridgehead atoms. The number of fused-ring (bicyclic) bond motifs is 4. The van der Waals surface area contributed by atoms with Gasteiger partial charge in [0.2, 0.25) is 0 Å². The molecule has 0 aliphatic heterocycles. The Bertz CT molecular complexity index is 2240. The van der Waals surface area contributed by atoms with Crippen LogP contribution in [0.2, 0.25) is 5.02 Å². The van der Waals surface area contributed by atoms with Crippen molar-refractivity contribution in [3.63, 3.8) is 0 Å². The fraction of sp³-hybridized carbons (Fsp3) is 0. The second kappa shape index (κ2) is 10.1. The number of benzene rings is 7. The van der Waals surface area contributed by atoms with Gasteiger partial charge in [0.05, 0.1) is 16.7 Å². The Hall–Kier alpha value is -5.11. The van der Waals surface area contributed by atoms with Crippen LogP contribution in [0, 0.1) is 0 Å².